The van der Waals surface area contributed by atoms with Gasteiger partial charge < -0.3 is 20.0 Å². The summed E-state index contributed by atoms with van der Waals surface area (Å²) in [4.78, 5) is 29.5. The molecule has 122 valence electrons. The molecule has 0 radical (unpaired) electrons. The fourth-order valence-corrected chi connectivity index (χ4v) is 1.95. The van der Waals surface area contributed by atoms with Crippen molar-refractivity contribution in [3.05, 3.63) is 47.2 Å². The summed E-state index contributed by atoms with van der Waals surface area (Å²) in [5.74, 6) is 1.00. The molecule has 0 bridgehead atoms. The van der Waals surface area contributed by atoms with Crippen LogP contribution in [0.15, 0.2) is 28.8 Å². The predicted octanol–water partition coefficient (Wildman–Crippen LogP) is 2.31. The molecule has 23 heavy (non-hydrogen) atoms. The van der Waals surface area contributed by atoms with E-state index in [2.05, 4.69) is 15.6 Å². The molecule has 2 rings (SSSR count). The van der Waals surface area contributed by atoms with Crippen molar-refractivity contribution in [1.29, 1.82) is 0 Å². The number of aryl methyl sites for hydroxylation is 2. The van der Waals surface area contributed by atoms with Gasteiger partial charge in [-0.2, -0.15) is 0 Å². The van der Waals surface area contributed by atoms with Gasteiger partial charge in [0.2, 0.25) is 5.89 Å². The van der Waals surface area contributed by atoms with Crippen LogP contribution < -0.4 is 10.6 Å². The quantitative estimate of drug-likeness (QED) is 0.906. The highest BCUT2D eigenvalue weighted by Crippen LogP contribution is 2.17. The Balaban J connectivity index is 2.02. The number of nitrogens with one attached hydrogen (secondary N) is 2. The Hall–Kier alpha value is -2.83. The third-order valence-electron chi connectivity index (χ3n) is 3.21. The van der Waals surface area contributed by atoms with Crippen LogP contribution >= 0.6 is 0 Å². The molecule has 0 unspecified atom stereocenters. The smallest absolute Gasteiger partial charge is 0.319 e. The van der Waals surface area contributed by atoms with E-state index in [0.29, 0.717) is 22.9 Å². The first-order valence-corrected chi connectivity index (χ1v) is 7.15. The van der Waals surface area contributed by atoms with Crippen LogP contribution in [0.2, 0.25) is 0 Å². The van der Waals surface area contributed by atoms with Crippen LogP contribution in [0.4, 0.5) is 10.5 Å². The Morgan fingerprint density at radius 3 is 2.61 bits per heavy atom. The van der Waals surface area contributed by atoms with Crippen molar-refractivity contribution in [2.24, 2.45) is 0 Å². The lowest BCUT2D eigenvalue weighted by Gasteiger charge is -2.13. The fraction of sp³-hybridized carbons (Fsp3) is 0.312. The van der Waals surface area contributed by atoms with Crippen LogP contribution in [0.3, 0.4) is 0 Å². The van der Waals surface area contributed by atoms with E-state index in [0.717, 1.165) is 5.56 Å². The molecule has 1 aromatic carbocycles. The molecule has 7 nitrogen and oxygen atoms in total. The van der Waals surface area contributed by atoms with E-state index in [4.69, 9.17) is 4.42 Å². The van der Waals surface area contributed by atoms with Gasteiger partial charge in [0, 0.05) is 25.3 Å². The van der Waals surface area contributed by atoms with E-state index in [1.165, 1.54) is 4.90 Å². The maximum Gasteiger partial charge on any atom is 0.319 e. The molecule has 2 N–H and O–H groups in total. The number of amides is 3. The van der Waals surface area contributed by atoms with Gasteiger partial charge in [-0.25, -0.2) is 9.78 Å². The van der Waals surface area contributed by atoms with E-state index in [1.54, 1.807) is 45.4 Å². The molecule has 1 heterocycles. The normalized spacial score (nSPS) is 10.3. The lowest BCUT2D eigenvalue weighted by atomic mass is 10.1. The van der Waals surface area contributed by atoms with E-state index >= 15 is 0 Å². The highest BCUT2D eigenvalue weighted by Gasteiger charge is 2.12. The number of carbonyl (C=O) groups is 2. The molecular formula is C16H20N4O3. The minimum Gasteiger partial charge on any atom is -0.444 e. The number of aromatic nitrogens is 1. The predicted molar refractivity (Wildman–Crippen MR) is 86.3 cm³/mol. The lowest BCUT2D eigenvalue weighted by molar-refractivity contribution is 0.0827. The van der Waals surface area contributed by atoms with Crippen LogP contribution in [0, 0.1) is 13.8 Å². The molecular weight excluding hydrogens is 296 g/mol. The van der Waals surface area contributed by atoms with Gasteiger partial charge in [-0.3, -0.25) is 4.79 Å². The molecule has 2 aromatic rings. The van der Waals surface area contributed by atoms with Gasteiger partial charge >= 0.3 is 6.03 Å². The third kappa shape index (κ3) is 4.32. The van der Waals surface area contributed by atoms with E-state index < -0.39 is 6.03 Å². The van der Waals surface area contributed by atoms with Gasteiger partial charge in [0.15, 0.2) is 0 Å². The Morgan fingerprint density at radius 2 is 2.00 bits per heavy atom. The topological polar surface area (TPSA) is 87.5 Å². The van der Waals surface area contributed by atoms with Gasteiger partial charge in [-0.15, -0.1) is 0 Å². The van der Waals surface area contributed by atoms with Crippen molar-refractivity contribution < 1.29 is 14.0 Å². The summed E-state index contributed by atoms with van der Waals surface area (Å²) in [7, 11) is 3.36. The van der Waals surface area contributed by atoms with Gasteiger partial charge in [0.05, 0.1) is 12.7 Å². The average molecular weight is 316 g/mol. The number of oxazole rings is 1. The molecule has 7 heteroatoms. The van der Waals surface area contributed by atoms with E-state index in [-0.39, 0.29) is 12.5 Å². The number of rotatable bonds is 4. The lowest BCUT2D eigenvalue weighted by Crippen LogP contribution is -2.29. The summed E-state index contributed by atoms with van der Waals surface area (Å²) in [5.41, 5.74) is 1.96. The summed E-state index contributed by atoms with van der Waals surface area (Å²) in [6.45, 7) is 3.83. The number of nitrogens with zero attached hydrogens (tertiary/aromatic N) is 2. The number of hydrogen-bond donors (Lipinski definition) is 2. The molecule has 1 aromatic heterocycles. The van der Waals surface area contributed by atoms with Gasteiger partial charge in [0.25, 0.3) is 5.91 Å². The molecule has 0 saturated heterocycles. The Bertz CT molecular complexity index is 722. The third-order valence-corrected chi connectivity index (χ3v) is 3.21. The molecule has 3 amide bonds. The first-order valence-electron chi connectivity index (χ1n) is 7.15. The van der Waals surface area contributed by atoms with E-state index in [1.807, 2.05) is 6.92 Å². The van der Waals surface area contributed by atoms with Gasteiger partial charge in [-0.1, -0.05) is 6.07 Å². The number of benzene rings is 1. The fourth-order valence-electron chi connectivity index (χ4n) is 1.95. The zero-order chi connectivity index (χ0) is 17.0. The molecule has 0 atom stereocenters. The molecule has 0 fully saturated rings. The molecule has 0 saturated carbocycles. The van der Waals surface area contributed by atoms with Crippen molar-refractivity contribution in [1.82, 2.24) is 15.2 Å². The Kier molecular flexibility index (Phi) is 5.00. The van der Waals surface area contributed by atoms with Gasteiger partial charge in [-0.05, 0) is 31.5 Å². The van der Waals surface area contributed by atoms with Crippen molar-refractivity contribution in [3.63, 3.8) is 0 Å². The first kappa shape index (κ1) is 16.5. The summed E-state index contributed by atoms with van der Waals surface area (Å²) >= 11 is 0. The standard InChI is InChI=1S/C16H20N4O3/c1-10-5-6-12(15(21)20(3)4)7-13(10)19-16(22)18-9-14-17-8-11(2)23-14/h5-8H,9H2,1-4H3,(H2,18,19,22). The Labute approximate surface area is 134 Å². The molecule has 0 aliphatic rings. The largest absolute Gasteiger partial charge is 0.444 e. The molecule has 0 aliphatic carbocycles. The minimum absolute atomic E-state index is 0.122. The van der Waals surface area contributed by atoms with Crippen molar-refractivity contribution in [2.75, 3.05) is 19.4 Å². The highest BCUT2D eigenvalue weighted by molar-refractivity contribution is 5.97. The van der Waals surface area contributed by atoms with Crippen LogP contribution in [0.5, 0.6) is 0 Å². The van der Waals surface area contributed by atoms with Crippen molar-refractivity contribution >= 4 is 17.6 Å². The number of hydrogen-bond acceptors (Lipinski definition) is 4. The maximum absolute atomic E-state index is 12.0. The van der Waals surface area contributed by atoms with Crippen LogP contribution in [0.1, 0.15) is 27.6 Å². The zero-order valence-corrected chi connectivity index (χ0v) is 13.6. The van der Waals surface area contributed by atoms with Crippen LogP contribution in [0.25, 0.3) is 0 Å². The van der Waals surface area contributed by atoms with Crippen molar-refractivity contribution in [3.8, 4) is 0 Å². The molecule has 0 spiro atoms. The molecule has 0 aliphatic heterocycles. The van der Waals surface area contributed by atoms with Crippen molar-refractivity contribution in [2.45, 2.75) is 20.4 Å². The second-order valence-electron chi connectivity index (χ2n) is 5.40. The number of urea groups is 1. The SMILES string of the molecule is Cc1cnc(CNC(=O)Nc2cc(C(=O)N(C)C)ccc2C)o1. The monoisotopic (exact) mass is 316 g/mol. The van der Waals surface area contributed by atoms with E-state index in [9.17, 15) is 9.59 Å². The maximum atomic E-state index is 12.0. The first-order chi connectivity index (χ1) is 10.9. The Morgan fingerprint density at radius 1 is 1.26 bits per heavy atom. The average Bonchev–Trinajstić information content (AvgIpc) is 2.92. The minimum atomic E-state index is -0.390. The summed E-state index contributed by atoms with van der Waals surface area (Å²) < 4.78 is 5.28. The number of carbonyl (C=O) groups excluding carboxylic acids is 2. The van der Waals surface area contributed by atoms with Crippen LogP contribution in [-0.4, -0.2) is 35.9 Å². The summed E-state index contributed by atoms with van der Waals surface area (Å²) in [6, 6.07) is 4.80. The number of anilines is 1. The summed E-state index contributed by atoms with van der Waals surface area (Å²) in [5, 5.41) is 5.39. The zero-order valence-electron chi connectivity index (χ0n) is 13.6. The highest BCUT2D eigenvalue weighted by atomic mass is 16.4. The summed E-state index contributed by atoms with van der Waals surface area (Å²) in [6.07, 6.45) is 1.59. The van der Waals surface area contributed by atoms with Gasteiger partial charge in [0.1, 0.15) is 5.76 Å². The second kappa shape index (κ2) is 6.95. The van der Waals surface area contributed by atoms with Crippen LogP contribution in [-0.2, 0) is 6.54 Å². The second-order valence-corrected chi connectivity index (χ2v) is 5.40.